The van der Waals surface area contributed by atoms with Crippen molar-refractivity contribution in [2.75, 3.05) is 20.1 Å². The zero-order valence-corrected chi connectivity index (χ0v) is 11.6. The molecule has 1 aromatic rings. The van der Waals surface area contributed by atoms with Crippen LogP contribution in [0.1, 0.15) is 31.3 Å². The Morgan fingerprint density at radius 2 is 2.22 bits per heavy atom. The Morgan fingerprint density at radius 3 is 2.78 bits per heavy atom. The third kappa shape index (κ3) is 4.92. The van der Waals surface area contributed by atoms with E-state index in [1.807, 2.05) is 26.1 Å². The minimum Gasteiger partial charge on any atom is -0.466 e. The second-order valence-corrected chi connectivity index (χ2v) is 4.98. The monoisotopic (exact) mass is 252 g/mol. The van der Waals surface area contributed by atoms with Crippen LogP contribution in [0, 0.1) is 12.8 Å². The van der Waals surface area contributed by atoms with E-state index in [0.29, 0.717) is 18.9 Å². The Kier molecular flexibility index (Phi) is 5.92. The predicted octanol–water partition coefficient (Wildman–Crippen LogP) is 1.96. The van der Waals surface area contributed by atoms with E-state index >= 15 is 0 Å². The van der Waals surface area contributed by atoms with E-state index in [1.165, 1.54) is 0 Å². The zero-order valence-electron chi connectivity index (χ0n) is 11.6. The number of carbonyl (C=O) groups is 1. The molecule has 1 amide bonds. The van der Waals surface area contributed by atoms with Crippen molar-refractivity contribution in [1.82, 2.24) is 4.90 Å². The van der Waals surface area contributed by atoms with Crippen molar-refractivity contribution >= 4 is 5.91 Å². The highest BCUT2D eigenvalue weighted by Crippen LogP contribution is 2.10. The fraction of sp³-hybridized carbons (Fsp3) is 0.643. The van der Waals surface area contributed by atoms with Gasteiger partial charge in [-0.05, 0) is 37.9 Å². The van der Waals surface area contributed by atoms with Gasteiger partial charge in [-0.15, -0.1) is 0 Å². The van der Waals surface area contributed by atoms with Crippen LogP contribution in [0.25, 0.3) is 0 Å². The minimum atomic E-state index is 0.179. The highest BCUT2D eigenvalue weighted by atomic mass is 16.3. The fourth-order valence-electron chi connectivity index (χ4n) is 1.87. The minimum absolute atomic E-state index is 0.179. The Labute approximate surface area is 109 Å². The molecule has 1 aromatic heterocycles. The first-order valence-electron chi connectivity index (χ1n) is 6.52. The number of hydrogen-bond donors (Lipinski definition) is 1. The third-order valence-corrected chi connectivity index (χ3v) is 3.02. The number of aryl methyl sites for hydroxylation is 2. The van der Waals surface area contributed by atoms with Gasteiger partial charge in [0, 0.05) is 26.4 Å². The number of nitrogens with zero attached hydrogens (tertiary/aromatic N) is 1. The van der Waals surface area contributed by atoms with E-state index in [1.54, 1.807) is 4.90 Å². The molecule has 102 valence electrons. The molecule has 0 spiro atoms. The largest absolute Gasteiger partial charge is 0.466 e. The summed E-state index contributed by atoms with van der Waals surface area (Å²) in [5, 5.41) is 0. The molecule has 0 aliphatic rings. The van der Waals surface area contributed by atoms with Crippen LogP contribution in [0.5, 0.6) is 0 Å². The number of rotatable bonds is 7. The highest BCUT2D eigenvalue weighted by Gasteiger charge is 2.11. The summed E-state index contributed by atoms with van der Waals surface area (Å²) >= 11 is 0. The van der Waals surface area contributed by atoms with Crippen molar-refractivity contribution in [1.29, 1.82) is 0 Å². The summed E-state index contributed by atoms with van der Waals surface area (Å²) in [6.07, 6.45) is 2.21. The van der Waals surface area contributed by atoms with E-state index < -0.39 is 0 Å². The topological polar surface area (TPSA) is 59.5 Å². The predicted molar refractivity (Wildman–Crippen MR) is 72.2 cm³/mol. The van der Waals surface area contributed by atoms with E-state index in [4.69, 9.17) is 10.2 Å². The lowest BCUT2D eigenvalue weighted by molar-refractivity contribution is -0.130. The van der Waals surface area contributed by atoms with Crippen LogP contribution in [0.15, 0.2) is 16.5 Å². The standard InChI is InChI=1S/C14H24N2O2/c1-11(9-15)10-16(3)14(17)6-4-5-13-8-7-12(2)18-13/h7-8,11H,4-6,9-10,15H2,1-3H3. The van der Waals surface area contributed by atoms with Gasteiger partial charge in [0.25, 0.3) is 0 Å². The fourth-order valence-corrected chi connectivity index (χ4v) is 1.87. The normalized spacial score (nSPS) is 12.4. The number of hydrogen-bond acceptors (Lipinski definition) is 3. The molecule has 1 unspecified atom stereocenters. The molecule has 0 aliphatic heterocycles. The third-order valence-electron chi connectivity index (χ3n) is 3.02. The van der Waals surface area contributed by atoms with E-state index in [2.05, 4.69) is 6.92 Å². The lowest BCUT2D eigenvalue weighted by Crippen LogP contribution is -2.33. The molecular formula is C14H24N2O2. The molecule has 2 N–H and O–H groups in total. The number of furan rings is 1. The summed E-state index contributed by atoms with van der Waals surface area (Å²) in [4.78, 5) is 13.6. The summed E-state index contributed by atoms with van der Waals surface area (Å²) in [6.45, 7) is 5.32. The van der Waals surface area contributed by atoms with Gasteiger partial charge < -0.3 is 15.1 Å². The van der Waals surface area contributed by atoms with Gasteiger partial charge in [0.2, 0.25) is 5.91 Å². The lowest BCUT2D eigenvalue weighted by atomic mass is 10.1. The lowest BCUT2D eigenvalue weighted by Gasteiger charge is -2.20. The van der Waals surface area contributed by atoms with Crippen LogP contribution < -0.4 is 5.73 Å². The second kappa shape index (κ2) is 7.21. The van der Waals surface area contributed by atoms with Crippen LogP contribution >= 0.6 is 0 Å². The van der Waals surface area contributed by atoms with E-state index in [0.717, 1.165) is 30.9 Å². The molecule has 0 saturated heterocycles. The molecule has 4 nitrogen and oxygen atoms in total. The maximum Gasteiger partial charge on any atom is 0.222 e. The van der Waals surface area contributed by atoms with Gasteiger partial charge in [-0.25, -0.2) is 0 Å². The quantitative estimate of drug-likeness (QED) is 0.807. The van der Waals surface area contributed by atoms with Crippen LogP contribution in [-0.4, -0.2) is 30.9 Å². The van der Waals surface area contributed by atoms with Gasteiger partial charge in [0.1, 0.15) is 11.5 Å². The Bertz CT molecular complexity index is 374. The molecule has 0 aromatic carbocycles. The molecule has 1 rings (SSSR count). The number of carbonyl (C=O) groups excluding carboxylic acids is 1. The molecule has 0 aliphatic carbocycles. The van der Waals surface area contributed by atoms with Gasteiger partial charge in [0.15, 0.2) is 0 Å². The van der Waals surface area contributed by atoms with Crippen LogP contribution in [0.2, 0.25) is 0 Å². The molecule has 0 bridgehead atoms. The van der Waals surface area contributed by atoms with Crippen molar-refractivity contribution in [2.24, 2.45) is 11.7 Å². The van der Waals surface area contributed by atoms with Gasteiger partial charge >= 0.3 is 0 Å². The summed E-state index contributed by atoms with van der Waals surface area (Å²) in [5.74, 6) is 2.41. The molecule has 4 heteroatoms. The smallest absolute Gasteiger partial charge is 0.222 e. The van der Waals surface area contributed by atoms with Crippen molar-refractivity contribution < 1.29 is 9.21 Å². The summed E-state index contributed by atoms with van der Waals surface area (Å²) < 4.78 is 5.47. The van der Waals surface area contributed by atoms with E-state index in [9.17, 15) is 4.79 Å². The summed E-state index contributed by atoms with van der Waals surface area (Å²) in [7, 11) is 1.84. The first kappa shape index (κ1) is 14.8. The molecule has 0 fully saturated rings. The molecule has 18 heavy (non-hydrogen) atoms. The number of amides is 1. The Morgan fingerprint density at radius 1 is 1.50 bits per heavy atom. The second-order valence-electron chi connectivity index (χ2n) is 4.98. The molecule has 1 heterocycles. The molecule has 0 saturated carbocycles. The zero-order chi connectivity index (χ0) is 13.5. The number of nitrogens with two attached hydrogens (primary N) is 1. The average Bonchev–Trinajstić information content (AvgIpc) is 2.74. The summed E-state index contributed by atoms with van der Waals surface area (Å²) in [5.41, 5.74) is 5.55. The maximum absolute atomic E-state index is 11.8. The Balaban J connectivity index is 2.24. The molecule has 0 radical (unpaired) electrons. The van der Waals surface area contributed by atoms with Gasteiger partial charge in [0.05, 0.1) is 0 Å². The van der Waals surface area contributed by atoms with Crippen molar-refractivity contribution in [3.05, 3.63) is 23.7 Å². The van der Waals surface area contributed by atoms with Crippen LogP contribution in [0.4, 0.5) is 0 Å². The average molecular weight is 252 g/mol. The van der Waals surface area contributed by atoms with E-state index in [-0.39, 0.29) is 5.91 Å². The first-order valence-corrected chi connectivity index (χ1v) is 6.52. The van der Waals surface area contributed by atoms with Gasteiger partial charge in [-0.2, -0.15) is 0 Å². The van der Waals surface area contributed by atoms with Crippen molar-refractivity contribution in [2.45, 2.75) is 33.1 Å². The van der Waals surface area contributed by atoms with Crippen molar-refractivity contribution in [3.8, 4) is 0 Å². The molecular weight excluding hydrogens is 228 g/mol. The highest BCUT2D eigenvalue weighted by molar-refractivity contribution is 5.75. The maximum atomic E-state index is 11.8. The van der Waals surface area contributed by atoms with Gasteiger partial charge in [-0.1, -0.05) is 6.92 Å². The van der Waals surface area contributed by atoms with Gasteiger partial charge in [-0.3, -0.25) is 4.79 Å². The Hall–Kier alpha value is -1.29. The molecule has 1 atom stereocenters. The SMILES string of the molecule is Cc1ccc(CCCC(=O)N(C)CC(C)CN)o1. The van der Waals surface area contributed by atoms with Crippen LogP contribution in [-0.2, 0) is 11.2 Å². The van der Waals surface area contributed by atoms with Crippen LogP contribution in [0.3, 0.4) is 0 Å². The first-order chi connectivity index (χ1) is 8.52. The summed E-state index contributed by atoms with van der Waals surface area (Å²) in [6, 6.07) is 3.92. The van der Waals surface area contributed by atoms with Crippen molar-refractivity contribution in [3.63, 3.8) is 0 Å².